The zero-order chi connectivity index (χ0) is 18.2. The molecule has 0 saturated heterocycles. The Morgan fingerprint density at radius 2 is 1.84 bits per heavy atom. The molecule has 2 rings (SSSR count). The van der Waals surface area contributed by atoms with Crippen LogP contribution >= 0.6 is 0 Å². The number of carbonyl (C=O) groups excluding carboxylic acids is 3. The number of nitrogens with zero attached hydrogens (tertiary/aromatic N) is 1. The Bertz CT molecular complexity index is 751. The van der Waals surface area contributed by atoms with Crippen molar-refractivity contribution in [2.24, 2.45) is 0 Å². The Kier molecular flexibility index (Phi) is 6.27. The van der Waals surface area contributed by atoms with Crippen LogP contribution in [0.4, 0.5) is 5.69 Å². The molecule has 0 saturated carbocycles. The van der Waals surface area contributed by atoms with E-state index in [0.29, 0.717) is 23.6 Å². The Hall–Kier alpha value is -3.16. The van der Waals surface area contributed by atoms with E-state index in [9.17, 15) is 14.4 Å². The minimum atomic E-state index is -0.773. The van der Waals surface area contributed by atoms with Crippen LogP contribution in [0.25, 0.3) is 0 Å². The third kappa shape index (κ3) is 5.45. The van der Waals surface area contributed by atoms with Crippen molar-refractivity contribution in [1.29, 1.82) is 0 Å². The Balaban J connectivity index is 1.82. The topological polar surface area (TPSA) is 108 Å². The summed E-state index contributed by atoms with van der Waals surface area (Å²) in [6, 6.07) is 7.61. The lowest BCUT2D eigenvalue weighted by atomic mass is 10.2. The molecule has 0 radical (unpaired) electrons. The lowest BCUT2D eigenvalue weighted by Gasteiger charge is -2.07. The number of anilines is 1. The number of ether oxygens (including phenoxy) is 2. The van der Waals surface area contributed by atoms with Gasteiger partial charge in [0.2, 0.25) is 5.76 Å². The molecular formula is C17H18N2O6. The molecule has 0 unspecified atom stereocenters. The van der Waals surface area contributed by atoms with Gasteiger partial charge in [-0.3, -0.25) is 4.79 Å². The van der Waals surface area contributed by atoms with Crippen molar-refractivity contribution in [2.75, 3.05) is 18.5 Å². The average molecular weight is 346 g/mol. The molecule has 0 aliphatic carbocycles. The summed E-state index contributed by atoms with van der Waals surface area (Å²) in [7, 11) is 0. The van der Waals surface area contributed by atoms with Gasteiger partial charge in [-0.15, -0.1) is 0 Å². The highest BCUT2D eigenvalue weighted by molar-refractivity contribution is 5.95. The molecule has 1 aromatic heterocycles. The van der Waals surface area contributed by atoms with Gasteiger partial charge in [-0.1, -0.05) is 12.1 Å². The quantitative estimate of drug-likeness (QED) is 0.767. The van der Waals surface area contributed by atoms with E-state index in [-0.39, 0.29) is 5.76 Å². The largest absolute Gasteiger partial charge is 0.462 e. The van der Waals surface area contributed by atoms with Crippen LogP contribution in [0, 0.1) is 6.92 Å². The van der Waals surface area contributed by atoms with Crippen LogP contribution in [0.3, 0.4) is 0 Å². The molecule has 1 heterocycles. The number of carbonyl (C=O) groups is 3. The van der Waals surface area contributed by atoms with Gasteiger partial charge in [-0.25, -0.2) is 9.59 Å². The number of aromatic nitrogens is 1. The fourth-order valence-electron chi connectivity index (χ4n) is 1.83. The SMILES string of the molecule is CCCOC(=O)c1ccc(NC(=O)COC(=O)c2cc(C)no2)cc1. The second-order valence-electron chi connectivity index (χ2n) is 5.17. The maximum atomic E-state index is 11.8. The minimum Gasteiger partial charge on any atom is -0.462 e. The number of aryl methyl sites for hydroxylation is 1. The molecule has 0 fully saturated rings. The van der Waals surface area contributed by atoms with Gasteiger partial charge >= 0.3 is 11.9 Å². The summed E-state index contributed by atoms with van der Waals surface area (Å²) in [5.74, 6) is -1.79. The summed E-state index contributed by atoms with van der Waals surface area (Å²) < 4.78 is 14.6. The van der Waals surface area contributed by atoms with Gasteiger partial charge in [0.15, 0.2) is 6.61 Å². The van der Waals surface area contributed by atoms with Crippen LogP contribution in [0.2, 0.25) is 0 Å². The summed E-state index contributed by atoms with van der Waals surface area (Å²) in [6.45, 7) is 3.45. The van der Waals surface area contributed by atoms with Crippen molar-refractivity contribution in [3.8, 4) is 0 Å². The molecule has 1 amide bonds. The first kappa shape index (κ1) is 18.2. The van der Waals surface area contributed by atoms with Crippen molar-refractivity contribution in [3.05, 3.63) is 47.3 Å². The van der Waals surface area contributed by atoms with E-state index >= 15 is 0 Å². The number of hydrogen-bond donors (Lipinski definition) is 1. The number of nitrogens with one attached hydrogen (secondary N) is 1. The van der Waals surface area contributed by atoms with E-state index in [1.807, 2.05) is 6.92 Å². The van der Waals surface area contributed by atoms with Crippen LogP contribution < -0.4 is 5.32 Å². The van der Waals surface area contributed by atoms with E-state index in [1.165, 1.54) is 18.2 Å². The molecule has 0 atom stereocenters. The van der Waals surface area contributed by atoms with Crippen LogP contribution in [-0.2, 0) is 14.3 Å². The lowest BCUT2D eigenvalue weighted by molar-refractivity contribution is -0.119. The number of rotatable bonds is 7. The van der Waals surface area contributed by atoms with E-state index in [2.05, 4.69) is 10.5 Å². The molecule has 25 heavy (non-hydrogen) atoms. The van der Waals surface area contributed by atoms with Crippen LogP contribution in [0.15, 0.2) is 34.9 Å². The van der Waals surface area contributed by atoms with Crippen LogP contribution in [-0.4, -0.2) is 36.2 Å². The second kappa shape index (κ2) is 8.62. The first-order chi connectivity index (χ1) is 12.0. The number of hydrogen-bond acceptors (Lipinski definition) is 7. The number of esters is 2. The highest BCUT2D eigenvalue weighted by atomic mass is 16.6. The van der Waals surface area contributed by atoms with E-state index in [4.69, 9.17) is 14.0 Å². The highest BCUT2D eigenvalue weighted by Gasteiger charge is 2.15. The molecular weight excluding hydrogens is 328 g/mol. The van der Waals surface area contributed by atoms with Gasteiger partial charge in [-0.05, 0) is 37.6 Å². The van der Waals surface area contributed by atoms with Crippen molar-refractivity contribution in [3.63, 3.8) is 0 Å². The Morgan fingerprint density at radius 1 is 1.12 bits per heavy atom. The van der Waals surface area contributed by atoms with Gasteiger partial charge in [0.05, 0.1) is 17.9 Å². The van der Waals surface area contributed by atoms with Crippen molar-refractivity contribution in [2.45, 2.75) is 20.3 Å². The molecule has 0 spiro atoms. The normalized spacial score (nSPS) is 10.2. The van der Waals surface area contributed by atoms with Gasteiger partial charge < -0.3 is 19.3 Å². The predicted octanol–water partition coefficient (Wildman–Crippen LogP) is 2.35. The zero-order valence-corrected chi connectivity index (χ0v) is 13.9. The summed E-state index contributed by atoms with van der Waals surface area (Å²) in [6.07, 6.45) is 0.742. The molecule has 1 N–H and O–H groups in total. The van der Waals surface area contributed by atoms with E-state index in [1.54, 1.807) is 19.1 Å². The Labute approximate surface area is 144 Å². The first-order valence-electron chi connectivity index (χ1n) is 7.67. The third-order valence-electron chi connectivity index (χ3n) is 3.01. The van der Waals surface area contributed by atoms with Gasteiger partial charge in [0.25, 0.3) is 5.91 Å². The standard InChI is InChI=1S/C17H18N2O6/c1-3-8-23-16(21)12-4-6-13(7-5-12)18-15(20)10-24-17(22)14-9-11(2)19-25-14/h4-7,9H,3,8,10H2,1-2H3,(H,18,20). The molecule has 132 valence electrons. The minimum absolute atomic E-state index is 0.0692. The van der Waals surface area contributed by atoms with Gasteiger partial charge in [-0.2, -0.15) is 0 Å². The maximum absolute atomic E-state index is 11.8. The average Bonchev–Trinajstić information content (AvgIpc) is 3.04. The molecule has 2 aromatic rings. The smallest absolute Gasteiger partial charge is 0.377 e. The molecule has 8 nitrogen and oxygen atoms in total. The molecule has 1 aromatic carbocycles. The summed E-state index contributed by atoms with van der Waals surface area (Å²) in [5, 5.41) is 6.11. The predicted molar refractivity (Wildman–Crippen MR) is 87.2 cm³/mol. The highest BCUT2D eigenvalue weighted by Crippen LogP contribution is 2.11. The van der Waals surface area contributed by atoms with Crippen LogP contribution in [0.5, 0.6) is 0 Å². The first-order valence-corrected chi connectivity index (χ1v) is 7.67. The summed E-state index contributed by atoms with van der Waals surface area (Å²) >= 11 is 0. The van der Waals surface area contributed by atoms with Gasteiger partial charge in [0, 0.05) is 11.8 Å². The van der Waals surface area contributed by atoms with Crippen molar-refractivity contribution < 1.29 is 28.4 Å². The number of benzene rings is 1. The van der Waals surface area contributed by atoms with E-state index < -0.39 is 24.5 Å². The second-order valence-corrected chi connectivity index (χ2v) is 5.17. The lowest BCUT2D eigenvalue weighted by Crippen LogP contribution is -2.20. The van der Waals surface area contributed by atoms with Crippen molar-refractivity contribution in [1.82, 2.24) is 5.16 Å². The fraction of sp³-hybridized carbons (Fsp3) is 0.294. The summed E-state index contributed by atoms with van der Waals surface area (Å²) in [5.41, 5.74) is 1.39. The summed E-state index contributed by atoms with van der Waals surface area (Å²) in [4.78, 5) is 35.1. The monoisotopic (exact) mass is 346 g/mol. The molecule has 0 aliphatic heterocycles. The molecule has 0 aliphatic rings. The van der Waals surface area contributed by atoms with E-state index in [0.717, 1.165) is 6.42 Å². The molecule has 8 heteroatoms. The van der Waals surface area contributed by atoms with Gasteiger partial charge in [0.1, 0.15) is 0 Å². The Morgan fingerprint density at radius 3 is 2.44 bits per heavy atom. The third-order valence-corrected chi connectivity index (χ3v) is 3.01. The maximum Gasteiger partial charge on any atom is 0.377 e. The zero-order valence-electron chi connectivity index (χ0n) is 13.9. The van der Waals surface area contributed by atoms with Crippen molar-refractivity contribution >= 4 is 23.5 Å². The number of amides is 1. The fourth-order valence-corrected chi connectivity index (χ4v) is 1.83. The molecule has 0 bridgehead atoms. The van der Waals surface area contributed by atoms with Crippen LogP contribution in [0.1, 0.15) is 40.0 Å².